The maximum Gasteiger partial charge on any atom is 0.193 e. The predicted octanol–water partition coefficient (Wildman–Crippen LogP) is 7.53. The van der Waals surface area contributed by atoms with Crippen LogP contribution in [0.3, 0.4) is 0 Å². The maximum atomic E-state index is 14.7. The van der Waals surface area contributed by atoms with Crippen LogP contribution in [0.25, 0.3) is 11.1 Å². The van der Waals surface area contributed by atoms with E-state index in [1.165, 1.54) is 23.7 Å². The Morgan fingerprint density at radius 2 is 1.82 bits per heavy atom. The van der Waals surface area contributed by atoms with Crippen molar-refractivity contribution in [3.63, 3.8) is 0 Å². The molecule has 1 saturated carbocycles. The minimum Gasteiger partial charge on any atom is -0.393 e. The average molecular weight is 608 g/mol. The summed E-state index contributed by atoms with van der Waals surface area (Å²) >= 11 is 1.50. The van der Waals surface area contributed by atoms with E-state index in [1.807, 2.05) is 60.7 Å². The van der Waals surface area contributed by atoms with Crippen molar-refractivity contribution < 1.29 is 15.0 Å². The molecule has 0 unspecified atom stereocenters. The molecule has 1 heterocycles. The highest BCUT2D eigenvalue weighted by Gasteiger charge is 2.56. The SMILES string of the molecule is CC1=CCC[C@@]2(C)[C@@H](CC[C@@]2(O)CSc2ncn[nH]2)c2ccc(cc2C(=O)c2ccccc2-c2ccccc2)C[C@@H](O)CC1. The number of nitrogens with zero attached hydrogens (tertiary/aromatic N) is 2. The molecule has 1 fully saturated rings. The molecule has 3 aliphatic carbocycles. The fourth-order valence-electron chi connectivity index (χ4n) is 7.32. The van der Waals surface area contributed by atoms with Gasteiger partial charge in [0.1, 0.15) is 6.33 Å². The van der Waals surface area contributed by atoms with Gasteiger partial charge in [0.05, 0.1) is 11.7 Å². The Morgan fingerprint density at radius 3 is 2.61 bits per heavy atom. The van der Waals surface area contributed by atoms with Crippen LogP contribution in [0.1, 0.15) is 85.3 Å². The van der Waals surface area contributed by atoms with E-state index in [0.717, 1.165) is 47.9 Å². The summed E-state index contributed by atoms with van der Waals surface area (Å²) in [6.45, 7) is 4.35. The summed E-state index contributed by atoms with van der Waals surface area (Å²) < 4.78 is 0. The highest BCUT2D eigenvalue weighted by Crippen LogP contribution is 2.59. The summed E-state index contributed by atoms with van der Waals surface area (Å²) in [5.74, 6) is 0.441. The van der Waals surface area contributed by atoms with Gasteiger partial charge in [-0.3, -0.25) is 9.89 Å². The minimum absolute atomic E-state index is 0.0209. The first kappa shape index (κ1) is 30.5. The van der Waals surface area contributed by atoms with Crippen molar-refractivity contribution >= 4 is 17.5 Å². The van der Waals surface area contributed by atoms with E-state index in [-0.39, 0.29) is 11.7 Å². The smallest absolute Gasteiger partial charge is 0.193 e. The zero-order valence-electron chi connectivity index (χ0n) is 25.5. The maximum absolute atomic E-state index is 14.7. The molecule has 0 radical (unpaired) electrons. The van der Waals surface area contributed by atoms with Crippen LogP contribution >= 0.6 is 11.8 Å². The van der Waals surface area contributed by atoms with Crippen LogP contribution in [-0.2, 0) is 6.42 Å². The molecule has 228 valence electrons. The van der Waals surface area contributed by atoms with Crippen LogP contribution in [0.4, 0.5) is 0 Å². The summed E-state index contributed by atoms with van der Waals surface area (Å²) in [4.78, 5) is 19.0. The molecule has 0 amide bonds. The number of rotatable bonds is 6. The fourth-order valence-corrected chi connectivity index (χ4v) is 8.41. The van der Waals surface area contributed by atoms with Gasteiger partial charge >= 0.3 is 0 Å². The van der Waals surface area contributed by atoms with Gasteiger partial charge < -0.3 is 10.2 Å². The Balaban J connectivity index is 1.46. The van der Waals surface area contributed by atoms with Crippen molar-refractivity contribution in [3.05, 3.63) is 113 Å². The van der Waals surface area contributed by atoms with Gasteiger partial charge in [0, 0.05) is 22.3 Å². The number of ketones is 1. The number of nitrogens with one attached hydrogen (secondary N) is 1. The van der Waals surface area contributed by atoms with Crippen LogP contribution in [0.15, 0.2) is 95.9 Å². The van der Waals surface area contributed by atoms with Gasteiger partial charge in [-0.05, 0) is 86.1 Å². The molecule has 4 aromatic rings. The van der Waals surface area contributed by atoms with E-state index in [9.17, 15) is 15.0 Å². The lowest BCUT2D eigenvalue weighted by atomic mass is 9.65. The van der Waals surface area contributed by atoms with Crippen molar-refractivity contribution in [3.8, 4) is 11.1 Å². The average Bonchev–Trinajstić information content (AvgIpc) is 3.65. The molecule has 44 heavy (non-hydrogen) atoms. The summed E-state index contributed by atoms with van der Waals surface area (Å²) in [5, 5.41) is 31.0. The molecule has 6 nitrogen and oxygen atoms in total. The van der Waals surface area contributed by atoms with Crippen LogP contribution in [0.2, 0.25) is 0 Å². The molecule has 0 spiro atoms. The number of benzene rings is 3. The predicted molar refractivity (Wildman–Crippen MR) is 176 cm³/mol. The van der Waals surface area contributed by atoms with Gasteiger partial charge in [0.25, 0.3) is 0 Å². The molecule has 2 bridgehead atoms. The second-order valence-corrected chi connectivity index (χ2v) is 13.7. The van der Waals surface area contributed by atoms with E-state index in [4.69, 9.17) is 0 Å². The van der Waals surface area contributed by atoms with Crippen LogP contribution in [0.5, 0.6) is 0 Å². The Morgan fingerprint density at radius 1 is 1.02 bits per heavy atom. The summed E-state index contributed by atoms with van der Waals surface area (Å²) in [5.41, 5.74) is 4.98. The molecule has 4 atom stereocenters. The number of thioether (sulfide) groups is 1. The molecule has 0 saturated heterocycles. The number of carbonyl (C=O) groups is 1. The third kappa shape index (κ3) is 6.06. The number of H-pyrrole nitrogens is 1. The van der Waals surface area contributed by atoms with Gasteiger partial charge in [-0.25, -0.2) is 4.98 Å². The van der Waals surface area contributed by atoms with E-state index >= 15 is 0 Å². The van der Waals surface area contributed by atoms with E-state index in [1.54, 1.807) is 0 Å². The number of hydrogen-bond acceptors (Lipinski definition) is 6. The van der Waals surface area contributed by atoms with Gasteiger partial charge in [-0.1, -0.05) is 97.1 Å². The summed E-state index contributed by atoms with van der Waals surface area (Å²) in [6, 6.07) is 24.1. The summed E-state index contributed by atoms with van der Waals surface area (Å²) in [7, 11) is 0. The number of hydrogen-bond donors (Lipinski definition) is 3. The fraction of sp³-hybridized carbons (Fsp3) is 0.378. The Hall–Kier alpha value is -3.52. The second-order valence-electron chi connectivity index (χ2n) is 12.8. The van der Waals surface area contributed by atoms with E-state index in [0.29, 0.717) is 41.3 Å². The monoisotopic (exact) mass is 607 g/mol. The Kier molecular flexibility index (Phi) is 8.90. The molecule has 3 N–H and O–H groups in total. The zero-order valence-corrected chi connectivity index (χ0v) is 26.3. The normalized spacial score (nSPS) is 25.7. The highest BCUT2D eigenvalue weighted by molar-refractivity contribution is 7.99. The number of aliphatic hydroxyl groups is 2. The van der Waals surface area contributed by atoms with Gasteiger partial charge in [0.15, 0.2) is 10.9 Å². The molecule has 7 rings (SSSR count). The molecule has 3 aliphatic rings. The quantitative estimate of drug-likeness (QED) is 0.119. The highest BCUT2D eigenvalue weighted by atomic mass is 32.2. The van der Waals surface area contributed by atoms with Crippen LogP contribution in [-0.4, -0.2) is 48.6 Å². The van der Waals surface area contributed by atoms with Crippen molar-refractivity contribution in [2.24, 2.45) is 5.41 Å². The lowest BCUT2D eigenvalue weighted by Gasteiger charge is -2.44. The molecule has 1 aromatic heterocycles. The lowest BCUT2D eigenvalue weighted by Crippen LogP contribution is -2.46. The number of allylic oxidation sites excluding steroid dienone is 2. The third-order valence-electron chi connectivity index (χ3n) is 10.0. The van der Waals surface area contributed by atoms with Gasteiger partial charge in [-0.2, -0.15) is 5.10 Å². The number of fused-ring (bicyclic) bond motifs is 8. The van der Waals surface area contributed by atoms with Gasteiger partial charge in [-0.15, -0.1) is 0 Å². The molecule has 0 aliphatic heterocycles. The first-order chi connectivity index (χ1) is 21.3. The number of carbonyl (C=O) groups excluding carboxylic acids is 1. The van der Waals surface area contributed by atoms with Crippen molar-refractivity contribution in [2.45, 2.75) is 81.6 Å². The molecule has 3 aromatic carbocycles. The number of aliphatic hydroxyl groups excluding tert-OH is 1. The second kappa shape index (κ2) is 12.8. The largest absolute Gasteiger partial charge is 0.393 e. The van der Waals surface area contributed by atoms with E-state index in [2.05, 4.69) is 47.2 Å². The topological polar surface area (TPSA) is 99.1 Å². The van der Waals surface area contributed by atoms with Crippen LogP contribution in [0, 0.1) is 5.41 Å². The summed E-state index contributed by atoms with van der Waals surface area (Å²) in [6.07, 6.45) is 8.27. The minimum atomic E-state index is -0.967. The standard InChI is InChI=1S/C37H41N3O3S/c1-25-9-8-19-36(2)33(18-20-37(36,43)23-44-35-38-24-39-40-35)30-17-15-26(21-28(41)16-14-25)22-32(30)34(42)31-13-7-6-12-29(31)27-10-4-3-5-11-27/h3-7,9-13,15,17,22,24,28,33,41,43H,8,14,16,18-21,23H2,1-2H3,(H,38,39,40)/t28-,33-,36-,37+/m0/s1. The molecule has 7 heteroatoms. The Labute approximate surface area is 264 Å². The number of aromatic amines is 1. The first-order valence-corrected chi connectivity index (χ1v) is 16.6. The Bertz CT molecular complexity index is 1640. The van der Waals surface area contributed by atoms with Crippen molar-refractivity contribution in [1.82, 2.24) is 15.2 Å². The zero-order chi connectivity index (χ0) is 30.7. The van der Waals surface area contributed by atoms with E-state index < -0.39 is 17.1 Å². The van der Waals surface area contributed by atoms with Crippen molar-refractivity contribution in [2.75, 3.05) is 5.75 Å². The molecular formula is C37H41N3O3S. The number of aromatic nitrogens is 3. The lowest BCUT2D eigenvalue weighted by molar-refractivity contribution is -0.0422. The third-order valence-corrected chi connectivity index (χ3v) is 11.1. The van der Waals surface area contributed by atoms with Crippen molar-refractivity contribution in [1.29, 1.82) is 0 Å². The first-order valence-electron chi connectivity index (χ1n) is 15.6. The van der Waals surface area contributed by atoms with Gasteiger partial charge in [0.2, 0.25) is 0 Å². The van der Waals surface area contributed by atoms with Crippen LogP contribution < -0.4 is 0 Å². The molecular weight excluding hydrogens is 566 g/mol.